The molecular weight excluding hydrogens is 204 g/mol. The summed E-state index contributed by atoms with van der Waals surface area (Å²) in [6, 6.07) is 0. The highest BCUT2D eigenvalue weighted by Gasteiger charge is 2.03. The van der Waals surface area contributed by atoms with Crippen LogP contribution in [0.5, 0.6) is 0 Å². The van der Waals surface area contributed by atoms with Crippen LogP contribution in [0, 0.1) is 0 Å². The molecule has 1 rings (SSSR count). The number of halogens is 1. The van der Waals surface area contributed by atoms with E-state index in [0.717, 1.165) is 18.2 Å². The Morgan fingerprint density at radius 3 is 2.91 bits per heavy atom. The fourth-order valence-corrected chi connectivity index (χ4v) is 1.62. The molecule has 62 valence electrons. The van der Waals surface area contributed by atoms with Gasteiger partial charge >= 0.3 is 0 Å². The van der Waals surface area contributed by atoms with Crippen LogP contribution in [0.2, 0.25) is 0 Å². The van der Waals surface area contributed by atoms with E-state index in [4.69, 9.17) is 0 Å². The van der Waals surface area contributed by atoms with Crippen LogP contribution in [0.25, 0.3) is 0 Å². The van der Waals surface area contributed by atoms with Crippen LogP contribution in [0.3, 0.4) is 0 Å². The molecule has 0 aliphatic carbocycles. The molecule has 0 fully saturated rings. The SMILES string of the molecule is CCc1nn(C)cc1CCBr. The standard InChI is InChI=1S/C8H13BrN2/c1-3-8-7(4-5-9)6-11(2)10-8/h6H,3-5H2,1-2H3. The first-order valence-electron chi connectivity index (χ1n) is 3.85. The average molecular weight is 217 g/mol. The first kappa shape index (κ1) is 8.78. The summed E-state index contributed by atoms with van der Waals surface area (Å²) < 4.78 is 1.89. The van der Waals surface area contributed by atoms with Gasteiger partial charge < -0.3 is 0 Å². The Balaban J connectivity index is 2.83. The lowest BCUT2D eigenvalue weighted by Gasteiger charge is -1.93. The minimum Gasteiger partial charge on any atom is -0.275 e. The molecule has 0 bridgehead atoms. The van der Waals surface area contributed by atoms with Crippen LogP contribution in [0.1, 0.15) is 18.2 Å². The molecule has 0 radical (unpaired) electrons. The number of alkyl halides is 1. The zero-order valence-corrected chi connectivity index (χ0v) is 8.56. The summed E-state index contributed by atoms with van der Waals surface area (Å²) in [5.74, 6) is 0. The third-order valence-corrected chi connectivity index (χ3v) is 2.09. The Kier molecular flexibility index (Phi) is 3.12. The van der Waals surface area contributed by atoms with Crippen LogP contribution in [0.15, 0.2) is 6.20 Å². The minimum absolute atomic E-state index is 1.02. The van der Waals surface area contributed by atoms with Gasteiger partial charge in [-0.3, -0.25) is 4.68 Å². The Morgan fingerprint density at radius 1 is 1.64 bits per heavy atom. The van der Waals surface area contributed by atoms with Gasteiger partial charge in [0.15, 0.2) is 0 Å². The number of aromatic nitrogens is 2. The monoisotopic (exact) mass is 216 g/mol. The third-order valence-electron chi connectivity index (χ3n) is 1.69. The van der Waals surface area contributed by atoms with Gasteiger partial charge in [0.1, 0.15) is 0 Å². The summed E-state index contributed by atoms with van der Waals surface area (Å²) in [7, 11) is 1.97. The molecule has 0 N–H and O–H groups in total. The summed E-state index contributed by atoms with van der Waals surface area (Å²) in [5, 5.41) is 5.36. The number of hydrogen-bond donors (Lipinski definition) is 0. The molecule has 0 atom stereocenters. The van der Waals surface area contributed by atoms with E-state index < -0.39 is 0 Å². The van der Waals surface area contributed by atoms with E-state index in [0.29, 0.717) is 0 Å². The van der Waals surface area contributed by atoms with Gasteiger partial charge in [-0.15, -0.1) is 0 Å². The second kappa shape index (κ2) is 3.90. The number of aryl methyl sites for hydroxylation is 3. The summed E-state index contributed by atoms with van der Waals surface area (Å²) >= 11 is 3.42. The lowest BCUT2D eigenvalue weighted by molar-refractivity contribution is 0.746. The first-order valence-corrected chi connectivity index (χ1v) is 4.97. The van der Waals surface area contributed by atoms with Crippen molar-refractivity contribution in [3.63, 3.8) is 0 Å². The first-order chi connectivity index (χ1) is 5.27. The highest BCUT2D eigenvalue weighted by atomic mass is 79.9. The van der Waals surface area contributed by atoms with Crippen molar-refractivity contribution in [2.24, 2.45) is 7.05 Å². The van der Waals surface area contributed by atoms with E-state index in [1.165, 1.54) is 11.3 Å². The quantitative estimate of drug-likeness (QED) is 0.707. The number of rotatable bonds is 3. The molecule has 0 saturated heterocycles. The highest BCUT2D eigenvalue weighted by molar-refractivity contribution is 9.09. The molecule has 3 heteroatoms. The van der Waals surface area contributed by atoms with Crippen molar-refractivity contribution in [3.8, 4) is 0 Å². The van der Waals surface area contributed by atoms with E-state index in [-0.39, 0.29) is 0 Å². The van der Waals surface area contributed by atoms with Gasteiger partial charge in [-0.25, -0.2) is 0 Å². The molecule has 0 aromatic carbocycles. The zero-order chi connectivity index (χ0) is 8.27. The van der Waals surface area contributed by atoms with Gasteiger partial charge in [0.25, 0.3) is 0 Å². The van der Waals surface area contributed by atoms with Gasteiger partial charge in [-0.2, -0.15) is 5.10 Å². The van der Waals surface area contributed by atoms with Crippen LogP contribution in [-0.4, -0.2) is 15.1 Å². The van der Waals surface area contributed by atoms with E-state index in [9.17, 15) is 0 Å². The molecule has 0 amide bonds. The number of hydrogen-bond acceptors (Lipinski definition) is 1. The maximum atomic E-state index is 4.34. The zero-order valence-electron chi connectivity index (χ0n) is 6.97. The molecule has 1 aromatic rings. The predicted molar refractivity (Wildman–Crippen MR) is 50.1 cm³/mol. The summed E-state index contributed by atoms with van der Waals surface area (Å²) in [4.78, 5) is 0. The third kappa shape index (κ3) is 2.06. The summed E-state index contributed by atoms with van der Waals surface area (Å²) in [6.45, 7) is 2.14. The van der Waals surface area contributed by atoms with E-state index >= 15 is 0 Å². The van der Waals surface area contributed by atoms with E-state index in [1.54, 1.807) is 0 Å². The lowest BCUT2D eigenvalue weighted by atomic mass is 10.2. The summed E-state index contributed by atoms with van der Waals surface area (Å²) in [5.41, 5.74) is 2.60. The molecular formula is C8H13BrN2. The van der Waals surface area contributed by atoms with Gasteiger partial charge in [-0.05, 0) is 18.4 Å². The smallest absolute Gasteiger partial charge is 0.0653 e. The average Bonchev–Trinajstić information content (AvgIpc) is 2.32. The molecule has 0 aliphatic heterocycles. The molecule has 0 unspecified atom stereocenters. The molecule has 0 saturated carbocycles. The van der Waals surface area contributed by atoms with Crippen molar-refractivity contribution in [3.05, 3.63) is 17.5 Å². The van der Waals surface area contributed by atoms with Crippen molar-refractivity contribution in [1.82, 2.24) is 9.78 Å². The Bertz CT molecular complexity index is 230. The fourth-order valence-electron chi connectivity index (χ4n) is 1.19. The minimum atomic E-state index is 1.02. The number of nitrogens with zero attached hydrogens (tertiary/aromatic N) is 2. The normalized spacial score (nSPS) is 10.5. The van der Waals surface area contributed by atoms with Crippen LogP contribution >= 0.6 is 15.9 Å². The van der Waals surface area contributed by atoms with E-state index in [2.05, 4.69) is 34.1 Å². The largest absolute Gasteiger partial charge is 0.275 e. The lowest BCUT2D eigenvalue weighted by Crippen LogP contribution is -1.90. The topological polar surface area (TPSA) is 17.8 Å². The molecule has 11 heavy (non-hydrogen) atoms. The van der Waals surface area contributed by atoms with E-state index in [1.807, 2.05) is 11.7 Å². The van der Waals surface area contributed by atoms with Crippen molar-refractivity contribution in [2.75, 3.05) is 5.33 Å². The Morgan fingerprint density at radius 2 is 2.36 bits per heavy atom. The van der Waals surface area contributed by atoms with Gasteiger partial charge in [0.05, 0.1) is 5.69 Å². The van der Waals surface area contributed by atoms with Crippen molar-refractivity contribution in [1.29, 1.82) is 0 Å². The Labute approximate surface area is 75.7 Å². The van der Waals surface area contributed by atoms with Crippen LogP contribution in [0.4, 0.5) is 0 Å². The molecule has 1 aromatic heterocycles. The van der Waals surface area contributed by atoms with Gasteiger partial charge in [0.2, 0.25) is 0 Å². The van der Waals surface area contributed by atoms with Crippen molar-refractivity contribution < 1.29 is 0 Å². The predicted octanol–water partition coefficient (Wildman–Crippen LogP) is 1.92. The Hall–Kier alpha value is -0.310. The van der Waals surface area contributed by atoms with Gasteiger partial charge in [0, 0.05) is 18.6 Å². The second-order valence-electron chi connectivity index (χ2n) is 2.57. The summed E-state index contributed by atoms with van der Waals surface area (Å²) in [6.07, 6.45) is 4.21. The molecule has 2 nitrogen and oxygen atoms in total. The second-order valence-corrected chi connectivity index (χ2v) is 3.36. The van der Waals surface area contributed by atoms with Crippen molar-refractivity contribution in [2.45, 2.75) is 19.8 Å². The van der Waals surface area contributed by atoms with Crippen LogP contribution in [-0.2, 0) is 19.9 Å². The fraction of sp³-hybridized carbons (Fsp3) is 0.625. The van der Waals surface area contributed by atoms with Crippen LogP contribution < -0.4 is 0 Å². The molecule has 0 aliphatic rings. The molecule has 0 spiro atoms. The van der Waals surface area contributed by atoms with Gasteiger partial charge in [-0.1, -0.05) is 22.9 Å². The maximum absolute atomic E-state index is 4.34. The maximum Gasteiger partial charge on any atom is 0.0653 e. The highest BCUT2D eigenvalue weighted by Crippen LogP contribution is 2.08. The molecule has 1 heterocycles. The van der Waals surface area contributed by atoms with Crippen molar-refractivity contribution >= 4 is 15.9 Å².